The van der Waals surface area contributed by atoms with Gasteiger partial charge in [0.2, 0.25) is 0 Å². The molecule has 0 unspecified atom stereocenters. The Kier molecular flexibility index (Phi) is 2.86. The summed E-state index contributed by atoms with van der Waals surface area (Å²) >= 11 is 1.48. The van der Waals surface area contributed by atoms with Crippen molar-refractivity contribution in [3.63, 3.8) is 0 Å². The van der Waals surface area contributed by atoms with E-state index in [0.29, 0.717) is 11.4 Å². The zero-order chi connectivity index (χ0) is 10.1. The quantitative estimate of drug-likeness (QED) is 0.682. The average Bonchev–Trinajstić information content (AvgIpc) is 2.31. The van der Waals surface area contributed by atoms with Crippen LogP contribution in [0.5, 0.6) is 0 Å². The summed E-state index contributed by atoms with van der Waals surface area (Å²) in [6.07, 6.45) is 2.32. The van der Waals surface area contributed by atoms with Gasteiger partial charge in [-0.05, 0) is 12.3 Å². The summed E-state index contributed by atoms with van der Waals surface area (Å²) in [4.78, 5) is 16.8. The molecule has 0 amide bonds. The summed E-state index contributed by atoms with van der Waals surface area (Å²) < 4.78 is 0. The van der Waals surface area contributed by atoms with E-state index in [2.05, 4.69) is 25.8 Å². The number of aryl methyl sites for hydroxylation is 1. The van der Waals surface area contributed by atoms with Crippen molar-refractivity contribution in [3.8, 4) is 0 Å². The fourth-order valence-corrected chi connectivity index (χ4v) is 1.74. The van der Waals surface area contributed by atoms with Gasteiger partial charge in [-0.2, -0.15) is 0 Å². The molecule has 1 aromatic heterocycles. The van der Waals surface area contributed by atoms with Crippen LogP contribution in [0.25, 0.3) is 0 Å². The lowest BCUT2D eigenvalue weighted by Crippen LogP contribution is -2.12. The van der Waals surface area contributed by atoms with E-state index in [0.717, 1.165) is 4.88 Å². The zero-order valence-corrected chi connectivity index (χ0v) is 9.36. The fraction of sp³-hybridized carbons (Fsp3) is 0.600. The van der Waals surface area contributed by atoms with Crippen LogP contribution in [0.15, 0.2) is 6.20 Å². The highest BCUT2D eigenvalue weighted by atomic mass is 32.1. The summed E-state index contributed by atoms with van der Waals surface area (Å²) in [5.41, 5.74) is 0.0522. The van der Waals surface area contributed by atoms with Crippen LogP contribution < -0.4 is 0 Å². The molecule has 0 N–H and O–H groups in total. The standard InChI is InChI=1S/C10H15NOS/c1-7-6-11-9(13-7)8(12)5-10(2,3)4/h6H,5H2,1-4H3. The first kappa shape index (κ1) is 10.4. The van der Waals surface area contributed by atoms with Crippen molar-refractivity contribution in [1.29, 1.82) is 0 Å². The van der Waals surface area contributed by atoms with Crippen LogP contribution in [0, 0.1) is 12.3 Å². The molecule has 0 atom stereocenters. The van der Waals surface area contributed by atoms with E-state index in [9.17, 15) is 4.79 Å². The van der Waals surface area contributed by atoms with Gasteiger partial charge in [-0.3, -0.25) is 4.79 Å². The van der Waals surface area contributed by atoms with Gasteiger partial charge >= 0.3 is 0 Å². The molecule has 0 spiro atoms. The van der Waals surface area contributed by atoms with Crippen LogP contribution in [0.4, 0.5) is 0 Å². The number of thiazole rings is 1. The van der Waals surface area contributed by atoms with Crippen LogP contribution in [0.2, 0.25) is 0 Å². The summed E-state index contributed by atoms with van der Waals surface area (Å²) in [7, 11) is 0. The number of hydrogen-bond acceptors (Lipinski definition) is 3. The Morgan fingerprint density at radius 2 is 2.15 bits per heavy atom. The third kappa shape index (κ3) is 3.27. The molecule has 0 saturated carbocycles. The largest absolute Gasteiger partial charge is 0.291 e. The van der Waals surface area contributed by atoms with Crippen molar-refractivity contribution in [2.75, 3.05) is 0 Å². The normalized spacial score (nSPS) is 11.7. The molecule has 0 bridgehead atoms. The average molecular weight is 197 g/mol. The summed E-state index contributed by atoms with van der Waals surface area (Å²) in [6, 6.07) is 0. The number of carbonyl (C=O) groups excluding carboxylic acids is 1. The van der Waals surface area contributed by atoms with Crippen molar-refractivity contribution in [3.05, 3.63) is 16.1 Å². The van der Waals surface area contributed by atoms with E-state index in [1.165, 1.54) is 11.3 Å². The molecule has 72 valence electrons. The van der Waals surface area contributed by atoms with Crippen LogP contribution >= 0.6 is 11.3 Å². The lowest BCUT2D eigenvalue weighted by Gasteiger charge is -2.15. The molecule has 2 nitrogen and oxygen atoms in total. The number of ketones is 1. The molecule has 0 radical (unpaired) electrons. The highest BCUT2D eigenvalue weighted by Gasteiger charge is 2.19. The maximum atomic E-state index is 11.6. The van der Waals surface area contributed by atoms with Gasteiger partial charge in [-0.15, -0.1) is 11.3 Å². The second kappa shape index (κ2) is 3.58. The first-order valence-electron chi connectivity index (χ1n) is 4.34. The van der Waals surface area contributed by atoms with Gasteiger partial charge in [0.15, 0.2) is 10.8 Å². The summed E-state index contributed by atoms with van der Waals surface area (Å²) in [5, 5.41) is 0.646. The lowest BCUT2D eigenvalue weighted by molar-refractivity contribution is 0.0939. The number of Topliss-reactive ketones (excluding diaryl/α,β-unsaturated/α-hetero) is 1. The molecule has 0 saturated heterocycles. The third-order valence-corrected chi connectivity index (χ3v) is 2.50. The fourth-order valence-electron chi connectivity index (χ4n) is 1.04. The SMILES string of the molecule is Cc1cnc(C(=O)CC(C)(C)C)s1. The van der Waals surface area contributed by atoms with Gasteiger partial charge in [-0.1, -0.05) is 20.8 Å². The number of carbonyl (C=O) groups is 1. The minimum atomic E-state index is 0.0522. The molecule has 0 fully saturated rings. The molecule has 1 rings (SSSR count). The maximum Gasteiger partial charge on any atom is 0.191 e. The second-order valence-corrected chi connectivity index (χ2v) is 5.67. The molecule has 0 aliphatic rings. The van der Waals surface area contributed by atoms with E-state index < -0.39 is 0 Å². The van der Waals surface area contributed by atoms with Crippen LogP contribution in [-0.2, 0) is 0 Å². The van der Waals surface area contributed by atoms with E-state index in [-0.39, 0.29) is 11.2 Å². The van der Waals surface area contributed by atoms with Gasteiger partial charge in [0.25, 0.3) is 0 Å². The number of aromatic nitrogens is 1. The molecule has 0 aromatic carbocycles. The Balaban J connectivity index is 2.70. The van der Waals surface area contributed by atoms with E-state index >= 15 is 0 Å². The van der Waals surface area contributed by atoms with Gasteiger partial charge in [0, 0.05) is 17.5 Å². The summed E-state index contributed by atoms with van der Waals surface area (Å²) in [6.45, 7) is 8.15. The van der Waals surface area contributed by atoms with Gasteiger partial charge in [-0.25, -0.2) is 4.98 Å². The Hall–Kier alpha value is -0.700. The minimum absolute atomic E-state index is 0.0522. The zero-order valence-electron chi connectivity index (χ0n) is 8.55. The molecular weight excluding hydrogens is 182 g/mol. The number of rotatable bonds is 2. The van der Waals surface area contributed by atoms with Gasteiger partial charge in [0.05, 0.1) is 0 Å². The van der Waals surface area contributed by atoms with Crippen molar-refractivity contribution in [2.24, 2.45) is 5.41 Å². The first-order chi connectivity index (χ1) is 5.88. The van der Waals surface area contributed by atoms with E-state index in [4.69, 9.17) is 0 Å². The maximum absolute atomic E-state index is 11.6. The predicted octanol–water partition coefficient (Wildman–Crippen LogP) is 3.07. The lowest BCUT2D eigenvalue weighted by atomic mass is 9.90. The van der Waals surface area contributed by atoms with Crippen LogP contribution in [-0.4, -0.2) is 10.8 Å². The Labute approximate surface area is 83.0 Å². The van der Waals surface area contributed by atoms with Crippen LogP contribution in [0.3, 0.4) is 0 Å². The van der Waals surface area contributed by atoms with Crippen molar-refractivity contribution < 1.29 is 4.79 Å². The monoisotopic (exact) mass is 197 g/mol. The van der Waals surface area contributed by atoms with Crippen LogP contribution in [0.1, 0.15) is 41.9 Å². The predicted molar refractivity (Wildman–Crippen MR) is 55.3 cm³/mol. The number of nitrogens with zero attached hydrogens (tertiary/aromatic N) is 1. The molecule has 0 aliphatic carbocycles. The molecule has 0 aliphatic heterocycles. The Morgan fingerprint density at radius 3 is 2.54 bits per heavy atom. The Morgan fingerprint density at radius 1 is 1.54 bits per heavy atom. The Bertz CT molecular complexity index is 309. The van der Waals surface area contributed by atoms with Gasteiger partial charge < -0.3 is 0 Å². The number of hydrogen-bond donors (Lipinski definition) is 0. The highest BCUT2D eigenvalue weighted by molar-refractivity contribution is 7.13. The highest BCUT2D eigenvalue weighted by Crippen LogP contribution is 2.23. The third-order valence-electron chi connectivity index (χ3n) is 1.55. The van der Waals surface area contributed by atoms with E-state index in [1.54, 1.807) is 6.20 Å². The van der Waals surface area contributed by atoms with Crippen molar-refractivity contribution >= 4 is 17.1 Å². The molecule has 13 heavy (non-hydrogen) atoms. The molecule has 1 heterocycles. The van der Waals surface area contributed by atoms with Gasteiger partial charge in [0.1, 0.15) is 0 Å². The first-order valence-corrected chi connectivity index (χ1v) is 5.16. The van der Waals surface area contributed by atoms with E-state index in [1.807, 2.05) is 6.92 Å². The molecule has 3 heteroatoms. The van der Waals surface area contributed by atoms with Crippen molar-refractivity contribution in [2.45, 2.75) is 34.1 Å². The molecular formula is C10H15NOS. The molecule has 1 aromatic rings. The topological polar surface area (TPSA) is 30.0 Å². The summed E-state index contributed by atoms with van der Waals surface area (Å²) in [5.74, 6) is 0.158. The smallest absolute Gasteiger partial charge is 0.191 e. The van der Waals surface area contributed by atoms with Crippen molar-refractivity contribution in [1.82, 2.24) is 4.98 Å². The minimum Gasteiger partial charge on any atom is -0.291 e. The second-order valence-electron chi connectivity index (χ2n) is 4.44.